The average Bonchev–Trinajstić information content (AvgIpc) is 2.71. The Hall–Kier alpha value is -1.52. The molecule has 1 aromatic carbocycles. The van der Waals surface area contributed by atoms with E-state index in [0.29, 0.717) is 24.3 Å². The van der Waals surface area contributed by atoms with Crippen LogP contribution in [0.2, 0.25) is 0 Å². The van der Waals surface area contributed by atoms with Gasteiger partial charge in [0.05, 0.1) is 11.0 Å². The SMILES string of the molecule is CC1CCC(Cc2cccc(C(F)(F)F)c2)(C(=O)O)C1. The zero-order valence-corrected chi connectivity index (χ0v) is 11.2. The summed E-state index contributed by atoms with van der Waals surface area (Å²) in [5.74, 6) is -0.601. The predicted octanol–water partition coefficient (Wildman–Crippen LogP) is 4.14. The van der Waals surface area contributed by atoms with Gasteiger partial charge in [-0.1, -0.05) is 25.1 Å². The van der Waals surface area contributed by atoms with Gasteiger partial charge in [0, 0.05) is 0 Å². The van der Waals surface area contributed by atoms with E-state index in [9.17, 15) is 23.1 Å². The summed E-state index contributed by atoms with van der Waals surface area (Å²) in [6.07, 6.45) is -2.37. The van der Waals surface area contributed by atoms with Crippen molar-refractivity contribution < 1.29 is 23.1 Å². The number of hydrogen-bond acceptors (Lipinski definition) is 1. The van der Waals surface area contributed by atoms with Gasteiger partial charge >= 0.3 is 12.1 Å². The van der Waals surface area contributed by atoms with Crippen LogP contribution >= 0.6 is 0 Å². The molecule has 110 valence electrons. The number of carboxylic acid groups (broad SMARTS) is 1. The molecule has 5 heteroatoms. The fraction of sp³-hybridized carbons (Fsp3) is 0.533. The summed E-state index contributed by atoms with van der Waals surface area (Å²) in [6, 6.07) is 4.98. The van der Waals surface area contributed by atoms with Gasteiger partial charge in [0.15, 0.2) is 0 Å². The fourth-order valence-corrected chi connectivity index (χ4v) is 3.07. The lowest BCUT2D eigenvalue weighted by Crippen LogP contribution is -2.30. The molecule has 1 aliphatic carbocycles. The molecule has 1 N–H and O–H groups in total. The van der Waals surface area contributed by atoms with E-state index in [0.717, 1.165) is 18.6 Å². The minimum atomic E-state index is -4.39. The van der Waals surface area contributed by atoms with E-state index in [1.807, 2.05) is 6.92 Å². The van der Waals surface area contributed by atoms with E-state index in [-0.39, 0.29) is 6.42 Å². The molecule has 2 rings (SSSR count). The highest BCUT2D eigenvalue weighted by Crippen LogP contribution is 2.44. The highest BCUT2D eigenvalue weighted by Gasteiger charge is 2.44. The van der Waals surface area contributed by atoms with Gasteiger partial charge in [-0.25, -0.2) is 0 Å². The third kappa shape index (κ3) is 2.97. The van der Waals surface area contributed by atoms with Crippen molar-refractivity contribution in [2.45, 2.75) is 38.8 Å². The number of alkyl halides is 3. The Morgan fingerprint density at radius 1 is 1.45 bits per heavy atom. The molecule has 0 amide bonds. The first kappa shape index (κ1) is 14.9. The van der Waals surface area contributed by atoms with Crippen LogP contribution in [0.25, 0.3) is 0 Å². The second kappa shape index (κ2) is 5.11. The summed E-state index contributed by atoms with van der Waals surface area (Å²) < 4.78 is 38.0. The molecule has 0 aromatic heterocycles. The first-order chi connectivity index (χ1) is 9.23. The summed E-state index contributed by atoms with van der Waals surface area (Å²) in [4.78, 5) is 11.5. The van der Waals surface area contributed by atoms with Crippen LogP contribution in [0.3, 0.4) is 0 Å². The molecule has 1 aliphatic rings. The molecular weight excluding hydrogens is 269 g/mol. The Bertz CT molecular complexity index is 510. The molecule has 20 heavy (non-hydrogen) atoms. The minimum Gasteiger partial charge on any atom is -0.481 e. The quantitative estimate of drug-likeness (QED) is 0.906. The molecule has 2 nitrogen and oxygen atoms in total. The number of benzene rings is 1. The molecule has 0 spiro atoms. The standard InChI is InChI=1S/C15H17F3O2/c1-10-5-6-14(8-10,13(19)20)9-11-3-2-4-12(7-11)15(16,17)18/h2-4,7,10H,5-6,8-9H2,1H3,(H,19,20). The number of aliphatic carboxylic acids is 1. The van der Waals surface area contributed by atoms with Crippen molar-refractivity contribution in [3.05, 3.63) is 35.4 Å². The Morgan fingerprint density at radius 3 is 2.65 bits per heavy atom. The molecule has 1 saturated carbocycles. The molecule has 2 atom stereocenters. The molecule has 1 fully saturated rings. The van der Waals surface area contributed by atoms with E-state index in [1.54, 1.807) is 6.07 Å². The van der Waals surface area contributed by atoms with Crippen LogP contribution in [0.15, 0.2) is 24.3 Å². The molecule has 0 heterocycles. The second-order valence-corrected chi connectivity index (χ2v) is 5.81. The number of halogens is 3. The van der Waals surface area contributed by atoms with Crippen LogP contribution < -0.4 is 0 Å². The topological polar surface area (TPSA) is 37.3 Å². The van der Waals surface area contributed by atoms with Crippen molar-refractivity contribution in [3.63, 3.8) is 0 Å². The van der Waals surface area contributed by atoms with E-state index >= 15 is 0 Å². The van der Waals surface area contributed by atoms with Crippen molar-refractivity contribution in [2.75, 3.05) is 0 Å². The molecule has 1 aromatic rings. The summed E-state index contributed by atoms with van der Waals surface area (Å²) in [6.45, 7) is 1.98. The maximum absolute atomic E-state index is 12.7. The van der Waals surface area contributed by atoms with Crippen molar-refractivity contribution in [3.8, 4) is 0 Å². The van der Waals surface area contributed by atoms with Gasteiger partial charge in [0.25, 0.3) is 0 Å². The zero-order chi connectivity index (χ0) is 15.0. The molecule has 0 bridgehead atoms. The zero-order valence-electron chi connectivity index (χ0n) is 11.2. The summed E-state index contributed by atoms with van der Waals surface area (Å²) in [5, 5.41) is 9.45. The van der Waals surface area contributed by atoms with E-state index in [4.69, 9.17) is 0 Å². The van der Waals surface area contributed by atoms with Crippen LogP contribution in [-0.4, -0.2) is 11.1 Å². The minimum absolute atomic E-state index is 0.163. The number of carboxylic acids is 1. The number of carbonyl (C=O) groups is 1. The highest BCUT2D eigenvalue weighted by molar-refractivity contribution is 5.75. The van der Waals surface area contributed by atoms with E-state index in [1.165, 1.54) is 6.07 Å². The molecule has 0 radical (unpaired) electrons. The maximum Gasteiger partial charge on any atom is 0.416 e. The van der Waals surface area contributed by atoms with Gasteiger partial charge in [0.1, 0.15) is 0 Å². The predicted molar refractivity (Wildman–Crippen MR) is 68.2 cm³/mol. The van der Waals surface area contributed by atoms with Crippen LogP contribution in [0.5, 0.6) is 0 Å². The van der Waals surface area contributed by atoms with Gasteiger partial charge in [0.2, 0.25) is 0 Å². The monoisotopic (exact) mass is 286 g/mol. The van der Waals surface area contributed by atoms with Crippen LogP contribution in [0, 0.1) is 11.3 Å². The number of hydrogen-bond donors (Lipinski definition) is 1. The lowest BCUT2D eigenvalue weighted by atomic mass is 9.79. The third-order valence-corrected chi connectivity index (χ3v) is 4.11. The summed E-state index contributed by atoms with van der Waals surface area (Å²) in [7, 11) is 0. The van der Waals surface area contributed by atoms with Crippen molar-refractivity contribution in [1.82, 2.24) is 0 Å². The Balaban J connectivity index is 2.26. The third-order valence-electron chi connectivity index (χ3n) is 4.11. The molecular formula is C15H17F3O2. The first-order valence-corrected chi connectivity index (χ1v) is 6.62. The summed E-state index contributed by atoms with van der Waals surface area (Å²) in [5.41, 5.74) is -1.19. The maximum atomic E-state index is 12.7. The highest BCUT2D eigenvalue weighted by atomic mass is 19.4. The van der Waals surface area contributed by atoms with E-state index < -0.39 is 23.1 Å². The van der Waals surface area contributed by atoms with Crippen LogP contribution in [0.4, 0.5) is 13.2 Å². The average molecular weight is 286 g/mol. The number of rotatable bonds is 3. The molecule has 0 saturated heterocycles. The fourth-order valence-electron chi connectivity index (χ4n) is 3.07. The Kier molecular flexibility index (Phi) is 3.80. The van der Waals surface area contributed by atoms with Gasteiger partial charge in [-0.3, -0.25) is 4.79 Å². The Labute approximate surface area is 115 Å². The van der Waals surface area contributed by atoms with Gasteiger partial charge in [-0.15, -0.1) is 0 Å². The molecule has 2 unspecified atom stereocenters. The van der Waals surface area contributed by atoms with Crippen molar-refractivity contribution in [1.29, 1.82) is 0 Å². The smallest absolute Gasteiger partial charge is 0.416 e. The lowest BCUT2D eigenvalue weighted by molar-refractivity contribution is -0.148. The van der Waals surface area contributed by atoms with Crippen molar-refractivity contribution >= 4 is 5.97 Å². The van der Waals surface area contributed by atoms with Crippen LogP contribution in [0.1, 0.15) is 37.3 Å². The largest absolute Gasteiger partial charge is 0.481 e. The molecule has 0 aliphatic heterocycles. The first-order valence-electron chi connectivity index (χ1n) is 6.62. The van der Waals surface area contributed by atoms with Crippen LogP contribution in [-0.2, 0) is 17.4 Å². The van der Waals surface area contributed by atoms with Crippen molar-refractivity contribution in [2.24, 2.45) is 11.3 Å². The lowest BCUT2D eigenvalue weighted by Gasteiger charge is -2.24. The Morgan fingerprint density at radius 2 is 2.15 bits per heavy atom. The summed E-state index contributed by atoms with van der Waals surface area (Å²) >= 11 is 0. The van der Waals surface area contributed by atoms with E-state index in [2.05, 4.69) is 0 Å². The normalized spacial score (nSPS) is 26.7. The van der Waals surface area contributed by atoms with Gasteiger partial charge < -0.3 is 5.11 Å². The second-order valence-electron chi connectivity index (χ2n) is 5.81. The van der Waals surface area contributed by atoms with Gasteiger partial charge in [-0.2, -0.15) is 13.2 Å². The van der Waals surface area contributed by atoms with Gasteiger partial charge in [-0.05, 0) is 43.2 Å².